The highest BCUT2D eigenvalue weighted by Crippen LogP contribution is 2.28. The first kappa shape index (κ1) is 12.4. The van der Waals surface area contributed by atoms with Gasteiger partial charge in [-0.1, -0.05) is 0 Å². The van der Waals surface area contributed by atoms with E-state index in [0.29, 0.717) is 0 Å². The molecular weight excluding hydrogens is 244 g/mol. The number of hydrazine groups is 1. The van der Waals surface area contributed by atoms with E-state index < -0.39 is 17.1 Å². The Morgan fingerprint density at radius 3 is 2.61 bits per heavy atom. The first-order valence-electron chi connectivity index (χ1n) is 5.12. The minimum absolute atomic E-state index is 0.0125. The van der Waals surface area contributed by atoms with Crippen molar-refractivity contribution in [2.24, 2.45) is 5.84 Å². The van der Waals surface area contributed by atoms with E-state index in [0.717, 1.165) is 6.20 Å². The molecule has 2 rings (SSSR count). The summed E-state index contributed by atoms with van der Waals surface area (Å²) < 4.78 is 0. The first-order valence-corrected chi connectivity index (χ1v) is 5.12. The third-order valence-corrected chi connectivity index (χ3v) is 2.63. The lowest BCUT2D eigenvalue weighted by Crippen LogP contribution is -2.24. The molecule has 0 bridgehead atoms. The standard InChI is InChI=1S/C8H12N6O4/c9-12-8-10-1-4(14(17)18)7(11-8)13-2-5(15)6(16)3-13/h1,5-6,15-16H,2-3,9H2,(H,10,11,12). The number of hydrogen-bond donors (Lipinski definition) is 4. The second-order valence-electron chi connectivity index (χ2n) is 3.84. The monoisotopic (exact) mass is 256 g/mol. The molecule has 98 valence electrons. The van der Waals surface area contributed by atoms with Gasteiger partial charge in [0.1, 0.15) is 6.20 Å². The van der Waals surface area contributed by atoms with Crippen molar-refractivity contribution >= 4 is 17.5 Å². The number of aromatic nitrogens is 2. The molecule has 5 N–H and O–H groups in total. The predicted molar refractivity (Wildman–Crippen MR) is 60.7 cm³/mol. The van der Waals surface area contributed by atoms with Crippen LogP contribution in [0.25, 0.3) is 0 Å². The van der Waals surface area contributed by atoms with Gasteiger partial charge in [0.15, 0.2) is 0 Å². The topological polar surface area (TPSA) is 151 Å². The van der Waals surface area contributed by atoms with Crippen molar-refractivity contribution in [3.8, 4) is 0 Å². The third-order valence-electron chi connectivity index (χ3n) is 2.63. The zero-order valence-electron chi connectivity index (χ0n) is 9.22. The van der Waals surface area contributed by atoms with Crippen LogP contribution in [-0.2, 0) is 0 Å². The van der Waals surface area contributed by atoms with E-state index in [1.807, 2.05) is 0 Å². The normalized spacial score (nSPS) is 23.2. The Bertz CT molecular complexity index is 459. The second-order valence-corrected chi connectivity index (χ2v) is 3.84. The molecule has 1 aliphatic heterocycles. The van der Waals surface area contributed by atoms with Crippen molar-refractivity contribution in [1.82, 2.24) is 9.97 Å². The molecule has 0 spiro atoms. The molecule has 0 radical (unpaired) electrons. The van der Waals surface area contributed by atoms with Crippen molar-refractivity contribution in [3.63, 3.8) is 0 Å². The Morgan fingerprint density at radius 1 is 1.50 bits per heavy atom. The van der Waals surface area contributed by atoms with E-state index in [1.165, 1.54) is 4.90 Å². The predicted octanol–water partition coefficient (Wildman–Crippen LogP) is -1.79. The molecule has 1 fully saturated rings. The lowest BCUT2D eigenvalue weighted by molar-refractivity contribution is -0.384. The molecule has 1 aliphatic rings. The minimum Gasteiger partial charge on any atom is -0.389 e. The summed E-state index contributed by atoms with van der Waals surface area (Å²) in [7, 11) is 0. The molecule has 0 saturated carbocycles. The summed E-state index contributed by atoms with van der Waals surface area (Å²) in [4.78, 5) is 19.2. The molecule has 0 aromatic carbocycles. The van der Waals surface area contributed by atoms with Crippen LogP contribution in [0.5, 0.6) is 0 Å². The summed E-state index contributed by atoms with van der Waals surface area (Å²) >= 11 is 0. The van der Waals surface area contributed by atoms with Gasteiger partial charge in [0.25, 0.3) is 0 Å². The zero-order valence-corrected chi connectivity index (χ0v) is 9.22. The van der Waals surface area contributed by atoms with Crippen LogP contribution < -0.4 is 16.2 Å². The number of β-amino-alcohol motifs (C(OH)–C–C–N with tert-alkyl or cyclic N) is 2. The van der Waals surface area contributed by atoms with Gasteiger partial charge >= 0.3 is 5.69 Å². The number of hydrogen-bond acceptors (Lipinski definition) is 9. The van der Waals surface area contributed by atoms with Crippen LogP contribution in [0.2, 0.25) is 0 Å². The summed E-state index contributed by atoms with van der Waals surface area (Å²) in [6, 6.07) is 0. The summed E-state index contributed by atoms with van der Waals surface area (Å²) in [6.07, 6.45) is -0.906. The maximum absolute atomic E-state index is 10.9. The highest BCUT2D eigenvalue weighted by atomic mass is 16.6. The molecule has 18 heavy (non-hydrogen) atoms. The number of anilines is 2. The number of rotatable bonds is 3. The lowest BCUT2D eigenvalue weighted by Gasteiger charge is -2.16. The molecule has 1 aromatic rings. The number of aliphatic hydroxyl groups excluding tert-OH is 2. The van der Waals surface area contributed by atoms with Crippen molar-refractivity contribution in [3.05, 3.63) is 16.3 Å². The van der Waals surface area contributed by atoms with E-state index in [9.17, 15) is 20.3 Å². The van der Waals surface area contributed by atoms with Gasteiger partial charge in [-0.15, -0.1) is 0 Å². The Morgan fingerprint density at radius 2 is 2.11 bits per heavy atom. The van der Waals surface area contributed by atoms with Crippen molar-refractivity contribution in [1.29, 1.82) is 0 Å². The summed E-state index contributed by atoms with van der Waals surface area (Å²) in [5.74, 6) is 5.17. The van der Waals surface area contributed by atoms with Crippen LogP contribution in [0, 0.1) is 10.1 Å². The fraction of sp³-hybridized carbons (Fsp3) is 0.500. The van der Waals surface area contributed by atoms with Crippen LogP contribution in [0.4, 0.5) is 17.5 Å². The SMILES string of the molecule is NNc1ncc([N+](=O)[O-])c(N2CC(O)C(O)C2)n1. The summed E-state index contributed by atoms with van der Waals surface area (Å²) in [5, 5.41) is 29.7. The molecular formula is C8H12N6O4. The highest BCUT2D eigenvalue weighted by molar-refractivity contribution is 5.59. The molecule has 10 nitrogen and oxygen atoms in total. The number of aliphatic hydroxyl groups is 2. The Kier molecular flexibility index (Phi) is 3.23. The van der Waals surface area contributed by atoms with Crippen LogP contribution in [0.1, 0.15) is 0 Å². The Labute approximate surface area is 101 Å². The van der Waals surface area contributed by atoms with Gasteiger partial charge in [-0.3, -0.25) is 15.5 Å². The van der Waals surface area contributed by atoms with Gasteiger partial charge in [0, 0.05) is 13.1 Å². The Balaban J connectivity index is 2.38. The maximum atomic E-state index is 10.9. The average molecular weight is 256 g/mol. The van der Waals surface area contributed by atoms with E-state index >= 15 is 0 Å². The minimum atomic E-state index is -0.964. The van der Waals surface area contributed by atoms with Gasteiger partial charge < -0.3 is 15.1 Å². The number of nitro groups is 1. The van der Waals surface area contributed by atoms with Crippen LogP contribution in [0.3, 0.4) is 0 Å². The van der Waals surface area contributed by atoms with E-state index in [4.69, 9.17) is 5.84 Å². The highest BCUT2D eigenvalue weighted by Gasteiger charge is 2.34. The van der Waals surface area contributed by atoms with Crippen LogP contribution in [-0.4, -0.2) is 50.4 Å². The molecule has 2 atom stereocenters. The third kappa shape index (κ3) is 2.16. The first-order chi connectivity index (χ1) is 8.52. The zero-order chi connectivity index (χ0) is 13.3. The number of nitrogens with two attached hydrogens (primary N) is 1. The molecule has 10 heteroatoms. The smallest absolute Gasteiger partial charge is 0.329 e. The number of nitrogens with zero attached hydrogens (tertiary/aromatic N) is 4. The molecule has 0 amide bonds. The van der Waals surface area contributed by atoms with Gasteiger partial charge in [0.05, 0.1) is 17.1 Å². The van der Waals surface area contributed by atoms with E-state index in [2.05, 4.69) is 15.4 Å². The van der Waals surface area contributed by atoms with Crippen molar-refractivity contribution in [2.45, 2.75) is 12.2 Å². The van der Waals surface area contributed by atoms with Gasteiger partial charge in [-0.2, -0.15) is 4.98 Å². The van der Waals surface area contributed by atoms with Gasteiger partial charge in [-0.05, 0) is 0 Å². The van der Waals surface area contributed by atoms with Crippen molar-refractivity contribution < 1.29 is 15.1 Å². The molecule has 1 aromatic heterocycles. The largest absolute Gasteiger partial charge is 0.389 e. The van der Waals surface area contributed by atoms with Crippen molar-refractivity contribution in [2.75, 3.05) is 23.4 Å². The van der Waals surface area contributed by atoms with Gasteiger partial charge in [0.2, 0.25) is 11.8 Å². The number of nitrogens with one attached hydrogen (secondary N) is 1. The number of nitrogen functional groups attached to an aromatic ring is 1. The van der Waals surface area contributed by atoms with Gasteiger partial charge in [-0.25, -0.2) is 10.8 Å². The maximum Gasteiger partial charge on any atom is 0.329 e. The Hall–Kier alpha value is -2.04. The fourth-order valence-corrected chi connectivity index (χ4v) is 1.74. The van der Waals surface area contributed by atoms with E-state index in [1.54, 1.807) is 0 Å². The van der Waals surface area contributed by atoms with Crippen LogP contribution in [0.15, 0.2) is 6.20 Å². The van der Waals surface area contributed by atoms with Crippen LogP contribution >= 0.6 is 0 Å². The quantitative estimate of drug-likeness (QED) is 0.279. The fourth-order valence-electron chi connectivity index (χ4n) is 1.74. The molecule has 1 saturated heterocycles. The molecule has 0 aliphatic carbocycles. The average Bonchev–Trinajstić information content (AvgIpc) is 2.68. The summed E-state index contributed by atoms with van der Waals surface area (Å²) in [5.41, 5.74) is 1.87. The van der Waals surface area contributed by atoms with E-state index in [-0.39, 0.29) is 30.5 Å². The molecule has 2 heterocycles. The molecule has 2 unspecified atom stereocenters. The summed E-state index contributed by atoms with van der Waals surface area (Å²) in [6.45, 7) is 0.117. The lowest BCUT2D eigenvalue weighted by atomic mass is 10.3. The second kappa shape index (κ2) is 4.68.